The number of carboxylic acids is 1. The van der Waals surface area contributed by atoms with Crippen molar-refractivity contribution in [2.24, 2.45) is 0 Å². The number of rotatable bonds is 2. The number of benzene rings is 1. The van der Waals surface area contributed by atoms with Gasteiger partial charge in [0, 0.05) is 5.56 Å². The minimum absolute atomic E-state index is 0.0371. The summed E-state index contributed by atoms with van der Waals surface area (Å²) in [6.07, 6.45) is 1.02. The predicted molar refractivity (Wildman–Crippen MR) is 67.7 cm³/mol. The van der Waals surface area contributed by atoms with Crippen molar-refractivity contribution in [3.05, 3.63) is 37.3 Å². The third kappa shape index (κ3) is 3.05. The molecule has 1 N–H and O–H groups in total. The van der Waals surface area contributed by atoms with Crippen LogP contribution in [0.3, 0.4) is 0 Å². The van der Waals surface area contributed by atoms with E-state index in [9.17, 15) is 4.79 Å². The number of carboxylic acid groups (broad SMARTS) is 1. The molecule has 0 fully saturated rings. The average molecular weight is 311 g/mol. The molecule has 0 bridgehead atoms. The zero-order valence-corrected chi connectivity index (χ0v) is 11.0. The maximum absolute atomic E-state index is 10.7. The Hall–Kier alpha value is -0.920. The zero-order chi connectivity index (χ0) is 13.2. The number of halogens is 4. The van der Waals surface area contributed by atoms with E-state index in [2.05, 4.69) is 0 Å². The number of nitrogens with zero attached hydrogens (tertiary/aromatic N) is 1. The first kappa shape index (κ1) is 14.1. The lowest BCUT2D eigenvalue weighted by Crippen LogP contribution is -1.98. The summed E-state index contributed by atoms with van der Waals surface area (Å²) in [6, 6.07) is 2.83. The first-order valence-electron chi connectivity index (χ1n) is 4.06. The van der Waals surface area contributed by atoms with Gasteiger partial charge in [0.05, 0.1) is 20.1 Å². The standard InChI is InChI=1S/C10H3Cl4NO2/c11-6-2-7(12)9(14)5(8(6)13)1-4(3-15)10(16)17/h1-2H,(H,16,17). The van der Waals surface area contributed by atoms with E-state index in [-0.39, 0.29) is 25.7 Å². The van der Waals surface area contributed by atoms with Crippen molar-refractivity contribution in [2.75, 3.05) is 0 Å². The average Bonchev–Trinajstić information content (AvgIpc) is 2.26. The van der Waals surface area contributed by atoms with Gasteiger partial charge in [-0.3, -0.25) is 0 Å². The van der Waals surface area contributed by atoms with Gasteiger partial charge in [-0.25, -0.2) is 4.79 Å². The monoisotopic (exact) mass is 309 g/mol. The van der Waals surface area contributed by atoms with E-state index in [1.54, 1.807) is 0 Å². The lowest BCUT2D eigenvalue weighted by atomic mass is 10.1. The molecule has 0 heterocycles. The predicted octanol–water partition coefficient (Wildman–Crippen LogP) is 4.29. The topological polar surface area (TPSA) is 61.1 Å². The summed E-state index contributed by atoms with van der Waals surface area (Å²) in [5, 5.41) is 17.7. The van der Waals surface area contributed by atoms with Crippen molar-refractivity contribution in [1.29, 1.82) is 5.26 Å². The van der Waals surface area contributed by atoms with E-state index >= 15 is 0 Å². The Morgan fingerprint density at radius 2 is 1.71 bits per heavy atom. The molecule has 0 radical (unpaired) electrons. The molecular weight excluding hydrogens is 308 g/mol. The molecule has 0 atom stereocenters. The van der Waals surface area contributed by atoms with Gasteiger partial charge in [0.15, 0.2) is 0 Å². The van der Waals surface area contributed by atoms with E-state index in [1.807, 2.05) is 0 Å². The van der Waals surface area contributed by atoms with Gasteiger partial charge in [-0.1, -0.05) is 46.4 Å². The SMILES string of the molecule is N#CC(=Cc1c(Cl)c(Cl)cc(Cl)c1Cl)C(=O)O. The number of hydrogen-bond acceptors (Lipinski definition) is 2. The van der Waals surface area contributed by atoms with E-state index in [1.165, 1.54) is 12.1 Å². The normalized spacial score (nSPS) is 11.1. The first-order valence-corrected chi connectivity index (χ1v) is 5.57. The lowest BCUT2D eigenvalue weighted by Gasteiger charge is -2.06. The largest absolute Gasteiger partial charge is 0.477 e. The van der Waals surface area contributed by atoms with Gasteiger partial charge in [0.1, 0.15) is 11.6 Å². The molecule has 1 aromatic rings. The summed E-state index contributed by atoms with van der Waals surface area (Å²) < 4.78 is 0. The number of nitriles is 1. The fourth-order valence-electron chi connectivity index (χ4n) is 1.00. The van der Waals surface area contributed by atoms with Gasteiger partial charge in [0.25, 0.3) is 0 Å². The first-order chi connectivity index (χ1) is 7.88. The maximum atomic E-state index is 10.7. The van der Waals surface area contributed by atoms with Crippen LogP contribution in [0, 0.1) is 11.3 Å². The highest BCUT2D eigenvalue weighted by Gasteiger charge is 2.15. The Balaban J connectivity index is 3.53. The van der Waals surface area contributed by atoms with Crippen molar-refractivity contribution in [3.8, 4) is 6.07 Å². The van der Waals surface area contributed by atoms with Gasteiger partial charge in [-0.15, -0.1) is 0 Å². The zero-order valence-electron chi connectivity index (χ0n) is 7.97. The highest BCUT2D eigenvalue weighted by molar-refractivity contribution is 6.48. The molecule has 7 heteroatoms. The number of hydrogen-bond donors (Lipinski definition) is 1. The minimum Gasteiger partial charge on any atom is -0.477 e. The Morgan fingerprint density at radius 3 is 2.06 bits per heavy atom. The molecule has 1 rings (SSSR count). The van der Waals surface area contributed by atoms with Crippen LogP contribution in [0.15, 0.2) is 11.6 Å². The summed E-state index contributed by atoms with van der Waals surface area (Å²) in [5.74, 6) is -1.39. The maximum Gasteiger partial charge on any atom is 0.346 e. The summed E-state index contributed by atoms with van der Waals surface area (Å²) in [7, 11) is 0. The Morgan fingerprint density at radius 1 is 1.24 bits per heavy atom. The molecule has 0 spiro atoms. The quantitative estimate of drug-likeness (QED) is 0.503. The van der Waals surface area contributed by atoms with Gasteiger partial charge in [-0.2, -0.15) is 5.26 Å². The molecule has 0 aliphatic heterocycles. The smallest absolute Gasteiger partial charge is 0.346 e. The Bertz CT molecular complexity index is 534. The molecule has 3 nitrogen and oxygen atoms in total. The molecule has 0 aliphatic rings. The molecule has 0 amide bonds. The van der Waals surface area contributed by atoms with Crippen molar-refractivity contribution < 1.29 is 9.90 Å². The van der Waals surface area contributed by atoms with Crippen LogP contribution in [0.1, 0.15) is 5.56 Å². The fourth-order valence-corrected chi connectivity index (χ4v) is 1.94. The van der Waals surface area contributed by atoms with Crippen LogP contribution in [0.2, 0.25) is 20.1 Å². The van der Waals surface area contributed by atoms with Crippen molar-refractivity contribution in [3.63, 3.8) is 0 Å². The van der Waals surface area contributed by atoms with E-state index in [0.717, 1.165) is 6.08 Å². The minimum atomic E-state index is -1.39. The van der Waals surface area contributed by atoms with Crippen molar-refractivity contribution in [2.45, 2.75) is 0 Å². The van der Waals surface area contributed by atoms with Crippen LogP contribution < -0.4 is 0 Å². The second kappa shape index (κ2) is 5.61. The summed E-state index contributed by atoms with van der Waals surface area (Å²) in [4.78, 5) is 10.7. The molecule has 88 valence electrons. The third-order valence-corrected chi connectivity index (χ3v) is 3.39. The molecule has 0 aliphatic carbocycles. The lowest BCUT2D eigenvalue weighted by molar-refractivity contribution is -0.132. The van der Waals surface area contributed by atoms with Crippen LogP contribution in [0.4, 0.5) is 0 Å². The Kier molecular flexibility index (Phi) is 4.67. The Labute approximate surface area is 117 Å². The van der Waals surface area contributed by atoms with Gasteiger partial charge < -0.3 is 5.11 Å². The van der Waals surface area contributed by atoms with Crippen LogP contribution in [-0.4, -0.2) is 11.1 Å². The molecule has 0 saturated heterocycles. The molecule has 17 heavy (non-hydrogen) atoms. The van der Waals surface area contributed by atoms with E-state index < -0.39 is 11.5 Å². The molecule has 0 aromatic heterocycles. The van der Waals surface area contributed by atoms with Crippen molar-refractivity contribution in [1.82, 2.24) is 0 Å². The van der Waals surface area contributed by atoms with Crippen LogP contribution in [0.25, 0.3) is 6.08 Å². The summed E-state index contributed by atoms with van der Waals surface area (Å²) >= 11 is 23.2. The second-order valence-electron chi connectivity index (χ2n) is 2.86. The molecule has 0 unspecified atom stereocenters. The highest BCUT2D eigenvalue weighted by Crippen LogP contribution is 2.38. The molecule has 0 saturated carbocycles. The number of carbonyl (C=O) groups is 1. The highest BCUT2D eigenvalue weighted by atomic mass is 35.5. The van der Waals surface area contributed by atoms with Gasteiger partial charge in [0.2, 0.25) is 0 Å². The summed E-state index contributed by atoms with van der Waals surface area (Å²) in [6.45, 7) is 0. The third-order valence-electron chi connectivity index (χ3n) is 1.79. The van der Waals surface area contributed by atoms with E-state index in [4.69, 9.17) is 56.8 Å². The fraction of sp³-hybridized carbons (Fsp3) is 0. The van der Waals surface area contributed by atoms with E-state index in [0.29, 0.717) is 0 Å². The van der Waals surface area contributed by atoms with Crippen LogP contribution >= 0.6 is 46.4 Å². The molecular formula is C10H3Cl4NO2. The second-order valence-corrected chi connectivity index (χ2v) is 4.43. The van der Waals surface area contributed by atoms with Crippen LogP contribution in [-0.2, 0) is 4.79 Å². The molecule has 1 aromatic carbocycles. The van der Waals surface area contributed by atoms with Crippen molar-refractivity contribution >= 4 is 58.4 Å². The summed E-state index contributed by atoms with van der Waals surface area (Å²) in [5.41, 5.74) is -0.420. The van der Waals surface area contributed by atoms with Crippen LogP contribution in [0.5, 0.6) is 0 Å². The van der Waals surface area contributed by atoms with Gasteiger partial charge >= 0.3 is 5.97 Å². The number of aliphatic carboxylic acids is 1. The van der Waals surface area contributed by atoms with Gasteiger partial charge in [-0.05, 0) is 12.1 Å².